The fourth-order valence-corrected chi connectivity index (χ4v) is 2.46. The molecule has 1 aromatic carbocycles. The lowest BCUT2D eigenvalue weighted by Gasteiger charge is -2.13. The molecule has 0 heterocycles. The van der Waals surface area contributed by atoms with Gasteiger partial charge in [0.1, 0.15) is 10.8 Å². The summed E-state index contributed by atoms with van der Waals surface area (Å²) in [7, 11) is -2.48. The van der Waals surface area contributed by atoms with Crippen LogP contribution in [0.25, 0.3) is 0 Å². The van der Waals surface area contributed by atoms with Gasteiger partial charge in [0.2, 0.25) is 0 Å². The van der Waals surface area contributed by atoms with Gasteiger partial charge in [-0.1, -0.05) is 29.8 Å². The average Bonchev–Trinajstić information content (AvgIpc) is 2.33. The van der Waals surface area contributed by atoms with Crippen molar-refractivity contribution in [2.24, 2.45) is 0 Å². The van der Waals surface area contributed by atoms with Crippen LogP contribution in [0.2, 0.25) is 0 Å². The average molecular weight is 306 g/mol. The molecule has 1 unspecified atom stereocenters. The van der Waals surface area contributed by atoms with E-state index in [-0.39, 0.29) is 10.5 Å². The standard InChI is InChI=1S/C14H14F4OS/c1-9(2)8-12(14(16,17)18)13(15)20(19)11-6-4-10(3)5-7-11/h4-7H,1,8H2,2-3H3/b13-12+. The predicted octanol–water partition coefficient (Wildman–Crippen LogP) is 4.81. The van der Waals surface area contributed by atoms with Crippen molar-refractivity contribution in [1.82, 2.24) is 0 Å². The molecule has 0 bridgehead atoms. The van der Waals surface area contributed by atoms with Gasteiger partial charge >= 0.3 is 6.18 Å². The Morgan fingerprint density at radius 3 is 2.15 bits per heavy atom. The van der Waals surface area contributed by atoms with Crippen molar-refractivity contribution in [1.29, 1.82) is 0 Å². The molecule has 0 aliphatic heterocycles. The first-order valence-corrected chi connectivity index (χ1v) is 6.86. The Morgan fingerprint density at radius 2 is 1.75 bits per heavy atom. The van der Waals surface area contributed by atoms with E-state index in [9.17, 15) is 21.8 Å². The van der Waals surface area contributed by atoms with Crippen molar-refractivity contribution in [3.8, 4) is 0 Å². The molecule has 1 atom stereocenters. The molecule has 0 aromatic heterocycles. The molecule has 0 saturated carbocycles. The number of hydrogen-bond donors (Lipinski definition) is 0. The minimum absolute atomic E-state index is 0.00318. The summed E-state index contributed by atoms with van der Waals surface area (Å²) < 4.78 is 64.2. The summed E-state index contributed by atoms with van der Waals surface area (Å²) in [4.78, 5) is -0.00318. The van der Waals surface area contributed by atoms with E-state index < -0.39 is 34.1 Å². The zero-order chi connectivity index (χ0) is 15.5. The highest BCUT2D eigenvalue weighted by Gasteiger charge is 2.38. The zero-order valence-corrected chi connectivity index (χ0v) is 11.9. The van der Waals surface area contributed by atoms with E-state index in [1.54, 1.807) is 19.1 Å². The molecular formula is C14H14F4OS. The summed E-state index contributed by atoms with van der Waals surface area (Å²) in [5.41, 5.74) is -0.453. The van der Waals surface area contributed by atoms with E-state index in [1.165, 1.54) is 19.1 Å². The maximum atomic E-state index is 13.9. The monoisotopic (exact) mass is 306 g/mol. The van der Waals surface area contributed by atoms with Gasteiger partial charge < -0.3 is 0 Å². The minimum Gasteiger partial charge on any atom is -0.247 e. The van der Waals surface area contributed by atoms with Gasteiger partial charge in [-0.05, 0) is 26.0 Å². The van der Waals surface area contributed by atoms with Gasteiger partial charge in [0.25, 0.3) is 0 Å². The Bertz CT molecular complexity index is 556. The molecule has 0 fully saturated rings. The predicted molar refractivity (Wildman–Crippen MR) is 71.2 cm³/mol. The van der Waals surface area contributed by atoms with Crippen LogP contribution in [0.5, 0.6) is 0 Å². The molecule has 6 heteroatoms. The number of aryl methyl sites for hydroxylation is 1. The normalized spacial score (nSPS) is 14.7. The van der Waals surface area contributed by atoms with Crippen LogP contribution in [0.3, 0.4) is 0 Å². The van der Waals surface area contributed by atoms with Crippen molar-refractivity contribution >= 4 is 10.8 Å². The minimum atomic E-state index is -4.87. The molecule has 0 radical (unpaired) electrons. The van der Waals surface area contributed by atoms with Crippen LogP contribution in [0.15, 0.2) is 52.0 Å². The topological polar surface area (TPSA) is 17.1 Å². The molecule has 110 valence electrons. The summed E-state index contributed by atoms with van der Waals surface area (Å²) in [6.07, 6.45) is -5.56. The van der Waals surface area contributed by atoms with Crippen molar-refractivity contribution in [3.63, 3.8) is 0 Å². The van der Waals surface area contributed by atoms with E-state index in [0.717, 1.165) is 5.56 Å². The number of hydrogen-bond acceptors (Lipinski definition) is 1. The summed E-state index contributed by atoms with van der Waals surface area (Å²) >= 11 is 0. The second kappa shape index (κ2) is 6.35. The fraction of sp³-hybridized carbons (Fsp3) is 0.286. The summed E-state index contributed by atoms with van der Waals surface area (Å²) in [5.74, 6) is 0. The second-order valence-electron chi connectivity index (χ2n) is 4.47. The highest BCUT2D eigenvalue weighted by Crippen LogP contribution is 2.35. The van der Waals surface area contributed by atoms with Crippen LogP contribution in [0, 0.1) is 6.92 Å². The third kappa shape index (κ3) is 4.30. The van der Waals surface area contributed by atoms with Crippen LogP contribution in [0.4, 0.5) is 17.6 Å². The van der Waals surface area contributed by atoms with E-state index in [0.29, 0.717) is 0 Å². The lowest BCUT2D eigenvalue weighted by molar-refractivity contribution is -0.0944. The molecule has 0 saturated heterocycles. The van der Waals surface area contributed by atoms with E-state index in [1.807, 2.05) is 0 Å². The van der Waals surface area contributed by atoms with E-state index in [4.69, 9.17) is 0 Å². The molecule has 1 nitrogen and oxygen atoms in total. The first-order chi connectivity index (χ1) is 9.12. The van der Waals surface area contributed by atoms with Crippen molar-refractivity contribution in [2.75, 3.05) is 0 Å². The maximum absolute atomic E-state index is 13.9. The number of rotatable bonds is 4. The first kappa shape index (κ1) is 16.6. The van der Waals surface area contributed by atoms with Gasteiger partial charge in [-0.25, -0.2) is 4.21 Å². The first-order valence-electron chi connectivity index (χ1n) is 5.71. The molecule has 0 aliphatic rings. The molecule has 0 amide bonds. The van der Waals surface area contributed by atoms with Crippen LogP contribution in [-0.2, 0) is 10.8 Å². The van der Waals surface area contributed by atoms with Gasteiger partial charge in [0.15, 0.2) is 5.16 Å². The highest BCUT2D eigenvalue weighted by molar-refractivity contribution is 7.88. The maximum Gasteiger partial charge on any atom is 0.416 e. The second-order valence-corrected chi connectivity index (χ2v) is 5.83. The number of halogens is 4. The quantitative estimate of drug-likeness (QED) is 0.576. The van der Waals surface area contributed by atoms with Gasteiger partial charge in [0, 0.05) is 11.3 Å². The lowest BCUT2D eigenvalue weighted by Crippen LogP contribution is -2.15. The third-order valence-electron chi connectivity index (χ3n) is 2.46. The summed E-state index contributed by atoms with van der Waals surface area (Å²) in [6.45, 7) is 6.45. The Hall–Kier alpha value is -1.43. The van der Waals surface area contributed by atoms with E-state index in [2.05, 4.69) is 6.58 Å². The van der Waals surface area contributed by atoms with Gasteiger partial charge in [-0.15, -0.1) is 0 Å². The smallest absolute Gasteiger partial charge is 0.247 e. The van der Waals surface area contributed by atoms with Crippen molar-refractivity contribution in [3.05, 3.63) is 52.7 Å². The summed E-state index contributed by atoms with van der Waals surface area (Å²) in [6, 6.07) is 5.82. The Labute approximate surface area is 117 Å². The van der Waals surface area contributed by atoms with E-state index >= 15 is 0 Å². The molecule has 1 aromatic rings. The molecule has 0 N–H and O–H groups in total. The molecule has 20 heavy (non-hydrogen) atoms. The van der Waals surface area contributed by atoms with Crippen LogP contribution < -0.4 is 0 Å². The molecular weight excluding hydrogens is 292 g/mol. The highest BCUT2D eigenvalue weighted by atomic mass is 32.2. The zero-order valence-electron chi connectivity index (χ0n) is 11.1. The number of allylic oxidation sites excluding steroid dienone is 2. The van der Waals surface area contributed by atoms with Crippen LogP contribution in [0.1, 0.15) is 18.9 Å². The Kier molecular flexibility index (Phi) is 5.28. The summed E-state index contributed by atoms with van der Waals surface area (Å²) in [5, 5.41) is -1.66. The Balaban J connectivity index is 3.24. The fourth-order valence-electron chi connectivity index (χ4n) is 1.46. The molecule has 0 spiro atoms. The van der Waals surface area contributed by atoms with Crippen molar-refractivity contribution in [2.45, 2.75) is 31.3 Å². The van der Waals surface area contributed by atoms with Gasteiger partial charge in [-0.2, -0.15) is 17.6 Å². The SMILES string of the molecule is C=C(C)C/C(=C(/F)S(=O)c1ccc(C)cc1)C(F)(F)F. The molecule has 0 aliphatic carbocycles. The largest absolute Gasteiger partial charge is 0.416 e. The number of alkyl halides is 3. The number of benzene rings is 1. The van der Waals surface area contributed by atoms with Gasteiger partial charge in [0.05, 0.1) is 5.57 Å². The van der Waals surface area contributed by atoms with Gasteiger partial charge in [-0.3, -0.25) is 0 Å². The third-order valence-corrected chi connectivity index (χ3v) is 3.73. The van der Waals surface area contributed by atoms with Crippen molar-refractivity contribution < 1.29 is 21.8 Å². The molecule has 1 rings (SSSR count). The lowest BCUT2D eigenvalue weighted by atomic mass is 10.1. The van der Waals surface area contributed by atoms with Crippen LogP contribution in [-0.4, -0.2) is 10.4 Å². The van der Waals surface area contributed by atoms with Crippen LogP contribution >= 0.6 is 0 Å². The Morgan fingerprint density at radius 1 is 1.25 bits per heavy atom.